The number of hydrogen-bond donors (Lipinski definition) is 1. The number of ketones is 1. The molecule has 0 spiro atoms. The van der Waals surface area contributed by atoms with Crippen LogP contribution in [0.4, 0.5) is 0 Å². The fourth-order valence-electron chi connectivity index (χ4n) is 1.20. The summed E-state index contributed by atoms with van der Waals surface area (Å²) in [7, 11) is 0. The van der Waals surface area contributed by atoms with Gasteiger partial charge in [0.15, 0.2) is 0 Å². The fraction of sp³-hybridized carbons (Fsp3) is 0.286. The van der Waals surface area contributed by atoms with Crippen LogP contribution in [0, 0.1) is 0 Å². The molecule has 1 N–H and O–H groups in total. The summed E-state index contributed by atoms with van der Waals surface area (Å²) < 4.78 is 0. The molecule has 0 unspecified atom stereocenters. The highest BCUT2D eigenvalue weighted by molar-refractivity contribution is 5.72. The van der Waals surface area contributed by atoms with Crippen molar-refractivity contribution in [1.29, 1.82) is 0 Å². The third-order valence-electron chi connectivity index (χ3n) is 1.69. The molecule has 0 saturated heterocycles. The molecule has 1 aliphatic rings. The Morgan fingerprint density at radius 3 is 2.06 bits per heavy atom. The smallest absolute Gasteiger partial charge is 0.300 e. The van der Waals surface area contributed by atoms with Crippen LogP contribution in [0.25, 0.3) is 6.08 Å². The van der Waals surface area contributed by atoms with Crippen molar-refractivity contribution in [3.05, 3.63) is 41.5 Å². The number of benzene rings is 1. The Morgan fingerprint density at radius 2 is 1.59 bits per heavy atom. The molecule has 17 heavy (non-hydrogen) atoms. The average Bonchev–Trinajstić information content (AvgIpc) is 2.62. The summed E-state index contributed by atoms with van der Waals surface area (Å²) in [4.78, 5) is 18.4. The summed E-state index contributed by atoms with van der Waals surface area (Å²) in [5.74, 6) is -0.667. The predicted octanol–water partition coefficient (Wildman–Crippen LogP) is 2.94. The van der Waals surface area contributed by atoms with Crippen LogP contribution in [-0.2, 0) is 16.0 Å². The normalized spacial score (nSPS) is 10.3. The first-order chi connectivity index (χ1) is 7.93. The van der Waals surface area contributed by atoms with Crippen molar-refractivity contribution < 1.29 is 14.7 Å². The van der Waals surface area contributed by atoms with Crippen LogP contribution < -0.4 is 0 Å². The monoisotopic (exact) mass is 234 g/mol. The topological polar surface area (TPSA) is 54.4 Å². The molecule has 2 rings (SSSR count). The van der Waals surface area contributed by atoms with Gasteiger partial charge >= 0.3 is 0 Å². The molecule has 3 heteroatoms. The van der Waals surface area contributed by atoms with Crippen LogP contribution in [0.2, 0.25) is 0 Å². The number of hydrogen-bond acceptors (Lipinski definition) is 2. The Bertz CT molecular complexity index is 386. The van der Waals surface area contributed by atoms with Gasteiger partial charge in [-0.2, -0.15) is 0 Å². The number of aliphatic carboxylic acids is 1. The lowest BCUT2D eigenvalue weighted by atomic mass is 10.1. The first kappa shape index (κ1) is 15.1. The summed E-state index contributed by atoms with van der Waals surface area (Å²) in [6.45, 7) is 4.14. The Kier molecular flexibility index (Phi) is 7.35. The van der Waals surface area contributed by atoms with E-state index in [2.05, 4.69) is 36.4 Å². The second kappa shape index (κ2) is 8.28. The van der Waals surface area contributed by atoms with E-state index in [-0.39, 0.29) is 5.78 Å². The summed E-state index contributed by atoms with van der Waals surface area (Å²) in [6.07, 6.45) is 5.50. The van der Waals surface area contributed by atoms with Crippen LogP contribution in [0.1, 0.15) is 31.9 Å². The molecule has 0 aromatic heterocycles. The Hall–Kier alpha value is -1.90. The maximum Gasteiger partial charge on any atom is 0.300 e. The number of fused-ring (bicyclic) bond motifs is 1. The van der Waals surface area contributed by atoms with E-state index in [9.17, 15) is 4.79 Å². The lowest BCUT2D eigenvalue weighted by Crippen LogP contribution is -1.78. The van der Waals surface area contributed by atoms with Crippen molar-refractivity contribution in [1.82, 2.24) is 0 Å². The van der Waals surface area contributed by atoms with Crippen molar-refractivity contribution >= 4 is 17.8 Å². The molecule has 0 aliphatic heterocycles. The highest BCUT2D eigenvalue weighted by atomic mass is 16.4. The van der Waals surface area contributed by atoms with Crippen LogP contribution in [0.5, 0.6) is 0 Å². The average molecular weight is 234 g/mol. The van der Waals surface area contributed by atoms with E-state index >= 15 is 0 Å². The van der Waals surface area contributed by atoms with Gasteiger partial charge in [0.25, 0.3) is 5.97 Å². The molecule has 0 heterocycles. The maximum atomic E-state index is 9.44. The minimum atomic E-state index is -0.833. The van der Waals surface area contributed by atoms with Crippen LogP contribution in [-0.4, -0.2) is 16.9 Å². The van der Waals surface area contributed by atoms with E-state index in [1.807, 2.05) is 0 Å². The van der Waals surface area contributed by atoms with E-state index < -0.39 is 5.97 Å². The maximum absolute atomic E-state index is 9.44. The highest BCUT2D eigenvalue weighted by Crippen LogP contribution is 2.17. The summed E-state index contributed by atoms with van der Waals surface area (Å²) in [5, 5.41) is 7.42. The summed E-state index contributed by atoms with van der Waals surface area (Å²) in [6, 6.07) is 8.49. The fourth-order valence-corrected chi connectivity index (χ4v) is 1.20. The number of carboxylic acids is 1. The minimum absolute atomic E-state index is 0.167. The molecule has 1 aromatic rings. The number of Topliss-reactive ketones (excluding diaryl/α,β-unsaturated/α-hetero) is 1. The molecule has 0 radical (unpaired) electrons. The van der Waals surface area contributed by atoms with Gasteiger partial charge in [-0.15, -0.1) is 0 Å². The zero-order chi connectivity index (χ0) is 13.3. The van der Waals surface area contributed by atoms with Crippen LogP contribution in [0.3, 0.4) is 0 Å². The molecule has 0 saturated carbocycles. The molecule has 0 atom stereocenters. The predicted molar refractivity (Wildman–Crippen MR) is 68.8 cm³/mol. The lowest BCUT2D eigenvalue weighted by Gasteiger charge is -1.93. The van der Waals surface area contributed by atoms with Gasteiger partial charge in [-0.1, -0.05) is 36.4 Å². The third kappa shape index (κ3) is 9.05. The van der Waals surface area contributed by atoms with Gasteiger partial charge in [0.05, 0.1) is 0 Å². The molecular formula is C14H18O3. The molecule has 0 fully saturated rings. The second-order valence-corrected chi connectivity index (χ2v) is 3.73. The van der Waals surface area contributed by atoms with Gasteiger partial charge in [0, 0.05) is 6.92 Å². The van der Waals surface area contributed by atoms with Crippen molar-refractivity contribution in [2.45, 2.75) is 27.2 Å². The summed E-state index contributed by atoms with van der Waals surface area (Å²) in [5.41, 5.74) is 2.84. The minimum Gasteiger partial charge on any atom is -0.481 e. The molecule has 0 amide bonds. The molecular weight excluding hydrogens is 216 g/mol. The lowest BCUT2D eigenvalue weighted by molar-refractivity contribution is -0.134. The van der Waals surface area contributed by atoms with Crippen molar-refractivity contribution in [3.63, 3.8) is 0 Å². The number of carbonyl (C=O) groups is 2. The Morgan fingerprint density at radius 1 is 1.12 bits per heavy atom. The number of rotatable bonds is 0. The van der Waals surface area contributed by atoms with E-state index in [0.717, 1.165) is 13.3 Å². The van der Waals surface area contributed by atoms with Crippen molar-refractivity contribution in [2.24, 2.45) is 0 Å². The molecule has 1 aliphatic carbocycles. The van der Waals surface area contributed by atoms with Crippen molar-refractivity contribution in [3.8, 4) is 0 Å². The van der Waals surface area contributed by atoms with Crippen molar-refractivity contribution in [2.75, 3.05) is 0 Å². The highest BCUT2D eigenvalue weighted by Gasteiger charge is 2.00. The van der Waals surface area contributed by atoms with Crippen LogP contribution in [0.15, 0.2) is 30.3 Å². The Labute approximate surface area is 102 Å². The zero-order valence-corrected chi connectivity index (χ0v) is 10.4. The van der Waals surface area contributed by atoms with E-state index in [1.54, 1.807) is 0 Å². The first-order valence-electron chi connectivity index (χ1n) is 5.34. The van der Waals surface area contributed by atoms with E-state index in [1.165, 1.54) is 25.0 Å². The van der Waals surface area contributed by atoms with Gasteiger partial charge in [-0.05, 0) is 31.4 Å². The molecule has 3 nitrogen and oxygen atoms in total. The SMILES string of the molecule is C1=Cc2ccccc2C1.CC(=O)O.CC(C)=O. The number of carbonyl (C=O) groups excluding carboxylic acids is 1. The van der Waals surface area contributed by atoms with Gasteiger partial charge in [0.2, 0.25) is 0 Å². The first-order valence-corrected chi connectivity index (χ1v) is 5.34. The van der Waals surface area contributed by atoms with Gasteiger partial charge in [-0.25, -0.2) is 0 Å². The second-order valence-electron chi connectivity index (χ2n) is 3.73. The standard InChI is InChI=1S/C9H8.C3H6O.C2H4O2/c1-2-5-9-7-3-6-8(9)4-1;1-3(2)4;1-2(3)4/h1-6H,7H2;1-2H3;1H3,(H,3,4). The zero-order valence-electron chi connectivity index (χ0n) is 10.4. The van der Waals surface area contributed by atoms with Gasteiger partial charge in [-0.3, -0.25) is 4.79 Å². The number of allylic oxidation sites excluding steroid dienone is 1. The molecule has 92 valence electrons. The quantitative estimate of drug-likeness (QED) is 0.750. The van der Waals surface area contributed by atoms with Crippen LogP contribution >= 0.6 is 0 Å². The van der Waals surface area contributed by atoms with Gasteiger partial charge < -0.3 is 9.90 Å². The Balaban J connectivity index is 0.000000274. The molecule has 1 aromatic carbocycles. The van der Waals surface area contributed by atoms with Gasteiger partial charge in [0.1, 0.15) is 5.78 Å². The largest absolute Gasteiger partial charge is 0.481 e. The molecule has 0 bridgehead atoms. The third-order valence-corrected chi connectivity index (χ3v) is 1.69. The summed E-state index contributed by atoms with van der Waals surface area (Å²) >= 11 is 0. The van der Waals surface area contributed by atoms with E-state index in [0.29, 0.717) is 0 Å². The van der Waals surface area contributed by atoms with E-state index in [4.69, 9.17) is 9.90 Å². The number of carboxylic acid groups (broad SMARTS) is 1.